The normalized spacial score (nSPS) is 14.9. The summed E-state index contributed by atoms with van der Waals surface area (Å²) in [5.74, 6) is 0.144. The van der Waals surface area contributed by atoms with Crippen LogP contribution in [0.4, 0.5) is 16.3 Å². The fourth-order valence-electron chi connectivity index (χ4n) is 3.18. The zero-order valence-electron chi connectivity index (χ0n) is 15.6. The first-order valence-corrected chi connectivity index (χ1v) is 9.14. The molecule has 3 N–H and O–H groups in total. The van der Waals surface area contributed by atoms with Gasteiger partial charge in [-0.05, 0) is 29.8 Å². The Hall–Kier alpha value is -4.47. The van der Waals surface area contributed by atoms with Gasteiger partial charge < -0.3 is 15.2 Å². The molecule has 148 valence electrons. The number of amides is 3. The number of hydrogen-bond acceptors (Lipinski definition) is 6. The molecule has 0 aliphatic carbocycles. The van der Waals surface area contributed by atoms with Gasteiger partial charge in [-0.15, -0.1) is 0 Å². The van der Waals surface area contributed by atoms with Crippen molar-refractivity contribution in [3.63, 3.8) is 0 Å². The molecule has 1 aliphatic rings. The first-order valence-electron chi connectivity index (χ1n) is 9.14. The van der Waals surface area contributed by atoms with Crippen LogP contribution in [0.1, 0.15) is 11.1 Å². The summed E-state index contributed by atoms with van der Waals surface area (Å²) in [4.78, 5) is 31.7. The number of aromatic nitrogens is 5. The molecule has 3 aromatic heterocycles. The molecule has 1 fully saturated rings. The minimum Gasteiger partial charge on any atom is -0.340 e. The minimum atomic E-state index is -0.548. The van der Waals surface area contributed by atoms with E-state index in [0.29, 0.717) is 17.0 Å². The van der Waals surface area contributed by atoms with E-state index in [1.807, 2.05) is 41.1 Å². The molecule has 0 spiro atoms. The molecule has 10 nitrogen and oxygen atoms in total. The number of hydrogen-bond donors (Lipinski definition) is 3. The number of fused-ring (bicyclic) bond motifs is 1. The molecule has 3 amide bonds. The van der Waals surface area contributed by atoms with Gasteiger partial charge in [0.2, 0.25) is 0 Å². The summed E-state index contributed by atoms with van der Waals surface area (Å²) >= 11 is 0. The lowest BCUT2D eigenvalue weighted by Crippen LogP contribution is -2.22. The summed E-state index contributed by atoms with van der Waals surface area (Å²) in [6.07, 6.45) is 10.3. The van der Waals surface area contributed by atoms with Gasteiger partial charge in [-0.1, -0.05) is 12.1 Å². The molecule has 1 saturated heterocycles. The number of urea groups is 1. The van der Waals surface area contributed by atoms with Crippen molar-refractivity contribution in [3.8, 4) is 0 Å². The number of benzene rings is 1. The van der Waals surface area contributed by atoms with Crippen molar-refractivity contribution in [2.45, 2.75) is 6.54 Å². The van der Waals surface area contributed by atoms with Crippen LogP contribution in [0.25, 0.3) is 11.7 Å². The summed E-state index contributed by atoms with van der Waals surface area (Å²) < 4.78 is 3.59. The van der Waals surface area contributed by atoms with Crippen LogP contribution in [0.5, 0.6) is 0 Å². The third-order valence-corrected chi connectivity index (χ3v) is 4.54. The van der Waals surface area contributed by atoms with Crippen LogP contribution < -0.4 is 16.0 Å². The number of carbonyl (C=O) groups excluding carboxylic acids is 2. The van der Waals surface area contributed by atoms with Crippen LogP contribution in [0.15, 0.2) is 67.1 Å². The quantitative estimate of drug-likeness (QED) is 0.348. The Morgan fingerprint density at radius 3 is 2.87 bits per heavy atom. The highest BCUT2D eigenvalue weighted by atomic mass is 16.2. The van der Waals surface area contributed by atoms with E-state index in [4.69, 9.17) is 0 Å². The summed E-state index contributed by atoms with van der Waals surface area (Å²) in [5.41, 5.74) is 3.33. The fourth-order valence-corrected chi connectivity index (χ4v) is 3.18. The van der Waals surface area contributed by atoms with Crippen LogP contribution in [0.3, 0.4) is 0 Å². The molecule has 0 saturated carbocycles. The SMILES string of the molecule is O=C1NC(=O)C(=Cc2cnn3ccc(Nc4cccc(Cn5ccnc5)c4)nc23)N1. The molecule has 1 aliphatic heterocycles. The average molecular weight is 400 g/mol. The van der Waals surface area contributed by atoms with Crippen molar-refractivity contribution in [1.82, 2.24) is 34.8 Å². The number of anilines is 2. The van der Waals surface area contributed by atoms with Crippen molar-refractivity contribution in [3.05, 3.63) is 78.3 Å². The van der Waals surface area contributed by atoms with Gasteiger partial charge in [-0.25, -0.2) is 19.3 Å². The van der Waals surface area contributed by atoms with E-state index in [1.165, 1.54) is 0 Å². The van der Waals surface area contributed by atoms with E-state index in [9.17, 15) is 9.59 Å². The monoisotopic (exact) mass is 400 g/mol. The predicted molar refractivity (Wildman–Crippen MR) is 109 cm³/mol. The number of imidazole rings is 1. The Kier molecular flexibility index (Phi) is 4.21. The number of nitrogens with one attached hydrogen (secondary N) is 3. The zero-order chi connectivity index (χ0) is 20.5. The lowest BCUT2D eigenvalue weighted by atomic mass is 10.2. The minimum absolute atomic E-state index is 0.155. The number of nitrogens with zero attached hydrogens (tertiary/aromatic N) is 5. The summed E-state index contributed by atoms with van der Waals surface area (Å²) in [6.45, 7) is 0.718. The van der Waals surface area contributed by atoms with E-state index in [1.54, 1.807) is 35.5 Å². The third-order valence-electron chi connectivity index (χ3n) is 4.54. The van der Waals surface area contributed by atoms with E-state index < -0.39 is 11.9 Å². The molecular formula is C20H16N8O2. The van der Waals surface area contributed by atoms with Gasteiger partial charge in [0.1, 0.15) is 11.5 Å². The number of rotatable bonds is 5. The smallest absolute Gasteiger partial charge is 0.326 e. The molecule has 5 rings (SSSR count). The van der Waals surface area contributed by atoms with Crippen LogP contribution in [0, 0.1) is 0 Å². The second-order valence-electron chi connectivity index (χ2n) is 6.71. The van der Waals surface area contributed by atoms with E-state index >= 15 is 0 Å². The van der Waals surface area contributed by atoms with Crippen molar-refractivity contribution in [2.24, 2.45) is 0 Å². The first kappa shape index (κ1) is 17.6. The van der Waals surface area contributed by atoms with Crippen molar-refractivity contribution in [2.75, 3.05) is 5.32 Å². The van der Waals surface area contributed by atoms with Gasteiger partial charge in [0, 0.05) is 36.4 Å². The maximum Gasteiger partial charge on any atom is 0.326 e. The maximum absolute atomic E-state index is 11.8. The predicted octanol–water partition coefficient (Wildman–Crippen LogP) is 1.90. The summed E-state index contributed by atoms with van der Waals surface area (Å²) in [6, 6.07) is 9.29. The Morgan fingerprint density at radius 1 is 1.13 bits per heavy atom. The standard InChI is InChI=1S/C20H16N8O2/c29-19-16(24-20(30)26-19)9-14-10-22-28-6-4-17(25-18(14)28)23-15-3-1-2-13(8-15)11-27-7-5-21-12-27/h1-10,12H,11H2,(H,23,25)(H2,24,26,29,30). The van der Waals surface area contributed by atoms with Crippen LogP contribution in [0.2, 0.25) is 0 Å². The molecule has 0 bridgehead atoms. The molecule has 4 aromatic rings. The Balaban J connectivity index is 1.41. The summed E-state index contributed by atoms with van der Waals surface area (Å²) in [7, 11) is 0. The largest absolute Gasteiger partial charge is 0.340 e. The van der Waals surface area contributed by atoms with Gasteiger partial charge in [-0.2, -0.15) is 5.10 Å². The van der Waals surface area contributed by atoms with E-state index in [0.717, 1.165) is 17.8 Å². The van der Waals surface area contributed by atoms with Gasteiger partial charge >= 0.3 is 6.03 Å². The van der Waals surface area contributed by atoms with Gasteiger partial charge in [0.15, 0.2) is 5.65 Å². The van der Waals surface area contributed by atoms with Crippen LogP contribution in [-0.2, 0) is 11.3 Å². The van der Waals surface area contributed by atoms with Crippen molar-refractivity contribution < 1.29 is 9.59 Å². The zero-order valence-corrected chi connectivity index (χ0v) is 15.6. The topological polar surface area (TPSA) is 118 Å². The maximum atomic E-state index is 11.8. The van der Waals surface area contributed by atoms with Crippen LogP contribution >= 0.6 is 0 Å². The van der Waals surface area contributed by atoms with Crippen molar-refractivity contribution in [1.29, 1.82) is 0 Å². The lowest BCUT2D eigenvalue weighted by molar-refractivity contribution is -0.115. The average Bonchev–Trinajstić information content (AvgIpc) is 3.44. The first-order chi connectivity index (χ1) is 14.6. The molecule has 1 aromatic carbocycles. The molecule has 0 radical (unpaired) electrons. The molecule has 0 unspecified atom stereocenters. The number of imide groups is 1. The van der Waals surface area contributed by atoms with Crippen LogP contribution in [-0.4, -0.2) is 36.1 Å². The number of carbonyl (C=O) groups is 2. The lowest BCUT2D eigenvalue weighted by Gasteiger charge is -2.09. The molecule has 4 heterocycles. The van der Waals surface area contributed by atoms with Gasteiger partial charge in [0.25, 0.3) is 5.91 Å². The third kappa shape index (κ3) is 3.49. The molecular weight excluding hydrogens is 384 g/mol. The Bertz CT molecular complexity index is 1290. The van der Waals surface area contributed by atoms with E-state index in [-0.39, 0.29) is 5.70 Å². The van der Waals surface area contributed by atoms with Gasteiger partial charge in [-0.3, -0.25) is 10.1 Å². The van der Waals surface area contributed by atoms with Crippen molar-refractivity contribution >= 4 is 35.2 Å². The highest BCUT2D eigenvalue weighted by Gasteiger charge is 2.23. The van der Waals surface area contributed by atoms with Gasteiger partial charge in [0.05, 0.1) is 12.5 Å². The second kappa shape index (κ2) is 7.17. The molecule has 10 heteroatoms. The fraction of sp³-hybridized carbons (Fsp3) is 0.0500. The highest BCUT2D eigenvalue weighted by molar-refractivity contribution is 6.14. The Labute approximate surface area is 170 Å². The molecule has 0 atom stereocenters. The van der Waals surface area contributed by atoms with E-state index in [2.05, 4.69) is 31.0 Å². The second-order valence-corrected chi connectivity index (χ2v) is 6.71. The Morgan fingerprint density at radius 2 is 2.07 bits per heavy atom. The summed E-state index contributed by atoms with van der Waals surface area (Å²) in [5, 5.41) is 12.2. The molecule has 30 heavy (non-hydrogen) atoms. The highest BCUT2D eigenvalue weighted by Crippen LogP contribution is 2.20.